The summed E-state index contributed by atoms with van der Waals surface area (Å²) in [6.07, 6.45) is 0. The molecule has 0 saturated carbocycles. The number of hydrogen-bond acceptors (Lipinski definition) is 1. The summed E-state index contributed by atoms with van der Waals surface area (Å²) in [5, 5.41) is 0. The van der Waals surface area contributed by atoms with Crippen LogP contribution in [0.3, 0.4) is 0 Å². The first-order chi connectivity index (χ1) is 0. The maximum atomic E-state index is 0. The van der Waals surface area contributed by atoms with Crippen molar-refractivity contribution >= 4 is 0 Å². The predicted molar refractivity (Wildman–Crippen MR) is 5.55 cm³/mol. The van der Waals surface area contributed by atoms with Crippen LogP contribution >= 0.6 is 0 Å². The molecule has 2 nitrogen and oxygen atoms in total. The van der Waals surface area contributed by atoms with Gasteiger partial charge in [0.25, 0.3) is 0 Å². The molecule has 0 radical (unpaired) electrons. The van der Waals surface area contributed by atoms with Crippen molar-refractivity contribution in [1.29, 1.82) is 0 Å². The second-order valence-corrected chi connectivity index (χ2v) is 0. The standard InChI is InChI=1S/FH.2H2O.Zn/h1H;2*1H2;/q;;;+2/p-2. The van der Waals surface area contributed by atoms with Crippen molar-refractivity contribution in [2.45, 2.75) is 0 Å². The SMILES string of the molecule is O.[F-].[OH-].[Zn+2]. The van der Waals surface area contributed by atoms with E-state index in [1.165, 1.54) is 0 Å². The summed E-state index contributed by atoms with van der Waals surface area (Å²) in [6.45, 7) is 0. The van der Waals surface area contributed by atoms with Gasteiger partial charge in [0, 0.05) is 0 Å². The van der Waals surface area contributed by atoms with E-state index in [4.69, 9.17) is 0 Å². The molecule has 24 valence electrons. The average molecular weight is 119 g/mol. The monoisotopic (exact) mass is 118 g/mol. The van der Waals surface area contributed by atoms with E-state index in [0.29, 0.717) is 0 Å². The van der Waals surface area contributed by atoms with Crippen LogP contribution in [0.5, 0.6) is 0 Å². The predicted octanol–water partition coefficient (Wildman–Crippen LogP) is -4.00. The zero-order valence-corrected chi connectivity index (χ0v) is 5.00. The fraction of sp³-hybridized carbons (Fsp3) is 0. The molecule has 4 heavy (non-hydrogen) atoms. The molecule has 0 amide bonds. The fourth-order valence-corrected chi connectivity index (χ4v) is 0. The van der Waals surface area contributed by atoms with Crippen molar-refractivity contribution in [2.75, 3.05) is 0 Å². The molecule has 0 rings (SSSR count). The largest absolute Gasteiger partial charge is 2.00 e. The molecule has 0 atom stereocenters. The summed E-state index contributed by atoms with van der Waals surface area (Å²) in [5.74, 6) is 0. The van der Waals surface area contributed by atoms with Crippen LogP contribution < -0.4 is 4.70 Å². The van der Waals surface area contributed by atoms with E-state index in [9.17, 15) is 0 Å². The molecule has 0 aromatic rings. The first kappa shape index (κ1) is 241. The van der Waals surface area contributed by atoms with E-state index in [-0.39, 0.29) is 35.1 Å². The van der Waals surface area contributed by atoms with Crippen molar-refractivity contribution in [1.82, 2.24) is 0 Å². The minimum absolute atomic E-state index is 0. The van der Waals surface area contributed by atoms with Crippen molar-refractivity contribution in [3.63, 3.8) is 0 Å². The summed E-state index contributed by atoms with van der Waals surface area (Å²) in [6, 6.07) is 0. The number of hydrogen-bond donors (Lipinski definition) is 0. The Morgan fingerprint density at radius 2 is 1.00 bits per heavy atom. The zero-order chi connectivity index (χ0) is 0. The van der Waals surface area contributed by atoms with Crippen molar-refractivity contribution in [2.24, 2.45) is 0 Å². The molecule has 0 unspecified atom stereocenters. The van der Waals surface area contributed by atoms with Crippen LogP contribution in [0.25, 0.3) is 0 Å². The summed E-state index contributed by atoms with van der Waals surface area (Å²) in [5.41, 5.74) is 0. The maximum absolute atomic E-state index is 0. The van der Waals surface area contributed by atoms with Gasteiger partial charge >= 0.3 is 19.5 Å². The fourth-order valence-electron chi connectivity index (χ4n) is 0. The van der Waals surface area contributed by atoms with E-state index in [1.807, 2.05) is 0 Å². The van der Waals surface area contributed by atoms with Crippen LogP contribution in [0.15, 0.2) is 0 Å². The Hall–Kier alpha value is 0.473. The molecule has 0 heterocycles. The summed E-state index contributed by atoms with van der Waals surface area (Å²) in [4.78, 5) is 0. The molecular weight excluding hydrogens is 116 g/mol. The molecular formula is H3FO2Zn. The molecule has 0 aliphatic heterocycles. The third kappa shape index (κ3) is 24.0. The Morgan fingerprint density at radius 3 is 1.00 bits per heavy atom. The van der Waals surface area contributed by atoms with Gasteiger partial charge in [0.1, 0.15) is 0 Å². The van der Waals surface area contributed by atoms with Crippen molar-refractivity contribution < 1.29 is 35.1 Å². The van der Waals surface area contributed by atoms with Crippen LogP contribution in [0.4, 0.5) is 0 Å². The average Bonchev–Trinajstić information content (AvgIpc) is 0. The van der Waals surface area contributed by atoms with E-state index in [2.05, 4.69) is 0 Å². The summed E-state index contributed by atoms with van der Waals surface area (Å²) in [7, 11) is 0. The van der Waals surface area contributed by atoms with Gasteiger partial charge in [0.05, 0.1) is 0 Å². The van der Waals surface area contributed by atoms with Gasteiger partial charge in [0.15, 0.2) is 0 Å². The smallest absolute Gasteiger partial charge is 1.00 e. The second kappa shape index (κ2) is 94.8. The van der Waals surface area contributed by atoms with E-state index in [0.717, 1.165) is 0 Å². The van der Waals surface area contributed by atoms with Gasteiger partial charge in [-0.3, -0.25) is 0 Å². The normalized spacial score (nSPS) is 0. The van der Waals surface area contributed by atoms with Crippen LogP contribution in [0.1, 0.15) is 0 Å². The van der Waals surface area contributed by atoms with E-state index >= 15 is 0 Å². The minimum atomic E-state index is 0. The number of halogens is 1. The molecule has 4 heteroatoms. The Balaban J connectivity index is 0. The van der Waals surface area contributed by atoms with E-state index < -0.39 is 0 Å². The molecule has 0 aliphatic carbocycles. The third-order valence-corrected chi connectivity index (χ3v) is 0. The second-order valence-electron chi connectivity index (χ2n) is 0. The maximum Gasteiger partial charge on any atom is 2.00 e. The minimum Gasteiger partial charge on any atom is -1.00 e. The van der Waals surface area contributed by atoms with Gasteiger partial charge in [0.2, 0.25) is 0 Å². The van der Waals surface area contributed by atoms with Gasteiger partial charge < -0.3 is 15.7 Å². The van der Waals surface area contributed by atoms with Crippen molar-refractivity contribution in [3.05, 3.63) is 0 Å². The van der Waals surface area contributed by atoms with Gasteiger partial charge in [-0.2, -0.15) is 0 Å². The van der Waals surface area contributed by atoms with Crippen LogP contribution in [-0.2, 0) is 19.5 Å². The van der Waals surface area contributed by atoms with Gasteiger partial charge in [-0.15, -0.1) is 0 Å². The molecule has 3 N–H and O–H groups in total. The Labute approximate surface area is 35.9 Å². The molecule has 0 saturated heterocycles. The van der Waals surface area contributed by atoms with Gasteiger partial charge in [-0.05, 0) is 0 Å². The first-order valence-electron chi connectivity index (χ1n) is 0. The molecule has 0 aromatic carbocycles. The number of rotatable bonds is 0. The summed E-state index contributed by atoms with van der Waals surface area (Å²) < 4.78 is 0. The van der Waals surface area contributed by atoms with Crippen LogP contribution in [0.2, 0.25) is 0 Å². The van der Waals surface area contributed by atoms with Crippen LogP contribution in [-0.4, -0.2) is 11.0 Å². The zero-order valence-electron chi connectivity index (χ0n) is 2.03. The molecule has 0 bridgehead atoms. The van der Waals surface area contributed by atoms with Gasteiger partial charge in [-0.25, -0.2) is 0 Å². The molecule has 0 aliphatic rings. The summed E-state index contributed by atoms with van der Waals surface area (Å²) >= 11 is 0. The quantitative estimate of drug-likeness (QED) is 0.300. The van der Waals surface area contributed by atoms with Crippen LogP contribution in [0, 0.1) is 0 Å². The third-order valence-electron chi connectivity index (χ3n) is 0. The topological polar surface area (TPSA) is 61.5 Å². The molecule has 0 fully saturated rings. The Morgan fingerprint density at radius 1 is 1.00 bits per heavy atom. The Kier molecular flexibility index (Phi) is 5710. The molecule has 0 aromatic heterocycles. The first-order valence-corrected chi connectivity index (χ1v) is 0. The Bertz CT molecular complexity index is 6.00. The molecule has 0 spiro atoms. The van der Waals surface area contributed by atoms with E-state index in [1.54, 1.807) is 0 Å². The van der Waals surface area contributed by atoms with Crippen molar-refractivity contribution in [3.8, 4) is 0 Å². The van der Waals surface area contributed by atoms with Gasteiger partial charge in [-0.1, -0.05) is 0 Å².